The maximum Gasteiger partial charge on any atom is 0.261 e. The van der Waals surface area contributed by atoms with Crippen LogP contribution in [0.1, 0.15) is 27.2 Å². The summed E-state index contributed by atoms with van der Waals surface area (Å²) < 4.78 is 5.36. The third-order valence-electron chi connectivity index (χ3n) is 4.08. The van der Waals surface area contributed by atoms with E-state index in [1.54, 1.807) is 14.2 Å². The highest BCUT2D eigenvalue weighted by atomic mass is 32.1. The molecule has 1 aromatic heterocycles. The SMILES string of the molecule is CN=C(NCCCNC(=O)c1cccs1)NCCc1ccc(C)c(OC)c1. The summed E-state index contributed by atoms with van der Waals surface area (Å²) >= 11 is 1.45. The van der Waals surface area contributed by atoms with Crippen molar-refractivity contribution in [1.29, 1.82) is 0 Å². The van der Waals surface area contributed by atoms with E-state index in [2.05, 4.69) is 39.1 Å². The Kier molecular flexibility index (Phi) is 8.64. The molecule has 2 rings (SSSR count). The summed E-state index contributed by atoms with van der Waals surface area (Å²) in [6, 6.07) is 9.97. The normalized spacial score (nSPS) is 11.1. The fourth-order valence-electron chi connectivity index (χ4n) is 2.56. The molecule has 7 heteroatoms. The molecule has 0 radical (unpaired) electrons. The summed E-state index contributed by atoms with van der Waals surface area (Å²) in [4.78, 5) is 16.8. The summed E-state index contributed by atoms with van der Waals surface area (Å²) in [7, 11) is 3.45. The van der Waals surface area contributed by atoms with E-state index < -0.39 is 0 Å². The number of carbonyl (C=O) groups excluding carboxylic acids is 1. The second-order valence-electron chi connectivity index (χ2n) is 6.07. The van der Waals surface area contributed by atoms with E-state index in [1.165, 1.54) is 16.9 Å². The number of nitrogens with one attached hydrogen (secondary N) is 3. The van der Waals surface area contributed by atoms with Gasteiger partial charge in [-0.25, -0.2) is 0 Å². The Hall–Kier alpha value is -2.54. The lowest BCUT2D eigenvalue weighted by Gasteiger charge is -2.13. The number of rotatable bonds is 9. The van der Waals surface area contributed by atoms with Crippen molar-refractivity contribution in [2.45, 2.75) is 19.8 Å². The summed E-state index contributed by atoms with van der Waals surface area (Å²) in [5.41, 5.74) is 2.36. The molecule has 0 aliphatic carbocycles. The highest BCUT2D eigenvalue weighted by molar-refractivity contribution is 7.12. The lowest BCUT2D eigenvalue weighted by atomic mass is 10.1. The van der Waals surface area contributed by atoms with Crippen molar-refractivity contribution in [2.75, 3.05) is 33.8 Å². The molecule has 1 heterocycles. The Balaban J connectivity index is 1.62. The van der Waals surface area contributed by atoms with Gasteiger partial charge in [-0.05, 0) is 48.4 Å². The van der Waals surface area contributed by atoms with E-state index in [9.17, 15) is 4.79 Å². The van der Waals surface area contributed by atoms with Gasteiger partial charge in [-0.15, -0.1) is 11.3 Å². The van der Waals surface area contributed by atoms with Crippen LogP contribution in [-0.2, 0) is 6.42 Å². The molecule has 6 nitrogen and oxygen atoms in total. The van der Waals surface area contributed by atoms with Crippen molar-refractivity contribution >= 4 is 23.2 Å². The van der Waals surface area contributed by atoms with Gasteiger partial charge in [-0.2, -0.15) is 0 Å². The van der Waals surface area contributed by atoms with Gasteiger partial charge in [0.25, 0.3) is 5.91 Å². The number of amides is 1. The zero-order valence-electron chi connectivity index (χ0n) is 16.2. The molecule has 0 spiro atoms. The number of guanidine groups is 1. The number of benzene rings is 1. The Morgan fingerprint density at radius 1 is 1.15 bits per heavy atom. The largest absolute Gasteiger partial charge is 0.496 e. The van der Waals surface area contributed by atoms with Crippen molar-refractivity contribution in [3.63, 3.8) is 0 Å². The van der Waals surface area contributed by atoms with Crippen molar-refractivity contribution in [3.8, 4) is 5.75 Å². The zero-order chi connectivity index (χ0) is 19.5. The Bertz CT molecular complexity index is 744. The van der Waals surface area contributed by atoms with Gasteiger partial charge < -0.3 is 20.7 Å². The van der Waals surface area contributed by atoms with E-state index in [1.807, 2.05) is 24.4 Å². The van der Waals surface area contributed by atoms with Crippen LogP contribution >= 0.6 is 11.3 Å². The molecule has 0 unspecified atom stereocenters. The summed E-state index contributed by atoms with van der Waals surface area (Å²) in [6.45, 7) is 4.18. The van der Waals surface area contributed by atoms with Gasteiger partial charge in [0.1, 0.15) is 5.75 Å². The Morgan fingerprint density at radius 3 is 2.63 bits per heavy atom. The van der Waals surface area contributed by atoms with Crippen LogP contribution in [0, 0.1) is 6.92 Å². The molecule has 0 atom stereocenters. The summed E-state index contributed by atoms with van der Waals surface area (Å²) in [5, 5.41) is 11.4. The van der Waals surface area contributed by atoms with Gasteiger partial charge in [-0.1, -0.05) is 18.2 Å². The number of aliphatic imine (C=N–C) groups is 1. The smallest absolute Gasteiger partial charge is 0.261 e. The molecule has 27 heavy (non-hydrogen) atoms. The van der Waals surface area contributed by atoms with Crippen LogP contribution in [0.3, 0.4) is 0 Å². The molecule has 1 amide bonds. The van der Waals surface area contributed by atoms with Crippen LogP contribution in [0.25, 0.3) is 0 Å². The molecule has 3 N–H and O–H groups in total. The first-order valence-corrected chi connectivity index (χ1v) is 9.91. The number of hydrogen-bond donors (Lipinski definition) is 3. The molecule has 146 valence electrons. The van der Waals surface area contributed by atoms with Crippen LogP contribution in [-0.4, -0.2) is 45.7 Å². The number of aryl methyl sites for hydroxylation is 1. The molecule has 0 saturated heterocycles. The first-order valence-electron chi connectivity index (χ1n) is 9.03. The Morgan fingerprint density at radius 2 is 1.93 bits per heavy atom. The van der Waals surface area contributed by atoms with Crippen molar-refractivity contribution in [1.82, 2.24) is 16.0 Å². The fraction of sp³-hybridized carbons (Fsp3) is 0.400. The predicted molar refractivity (Wildman–Crippen MR) is 112 cm³/mol. The number of methoxy groups -OCH3 is 1. The fourth-order valence-corrected chi connectivity index (χ4v) is 3.20. The lowest BCUT2D eigenvalue weighted by molar-refractivity contribution is 0.0957. The highest BCUT2D eigenvalue weighted by Gasteiger charge is 2.05. The molecule has 0 aliphatic heterocycles. The number of ether oxygens (including phenoxy) is 1. The maximum atomic E-state index is 11.8. The van der Waals surface area contributed by atoms with E-state index in [0.717, 1.165) is 48.1 Å². The minimum atomic E-state index is -0.0129. The van der Waals surface area contributed by atoms with Crippen LogP contribution in [0.15, 0.2) is 40.7 Å². The summed E-state index contributed by atoms with van der Waals surface area (Å²) in [5.74, 6) is 1.67. The van der Waals surface area contributed by atoms with Crippen LogP contribution in [0.2, 0.25) is 0 Å². The first-order chi connectivity index (χ1) is 13.1. The van der Waals surface area contributed by atoms with Gasteiger partial charge in [0.2, 0.25) is 0 Å². The third kappa shape index (κ3) is 6.94. The van der Waals surface area contributed by atoms with Gasteiger partial charge in [-0.3, -0.25) is 9.79 Å². The van der Waals surface area contributed by atoms with Crippen molar-refractivity contribution < 1.29 is 9.53 Å². The first kappa shape index (κ1) is 20.8. The molecule has 0 fully saturated rings. The lowest BCUT2D eigenvalue weighted by Crippen LogP contribution is -2.39. The minimum Gasteiger partial charge on any atom is -0.496 e. The third-order valence-corrected chi connectivity index (χ3v) is 4.95. The zero-order valence-corrected chi connectivity index (χ0v) is 17.0. The van der Waals surface area contributed by atoms with Gasteiger partial charge in [0.15, 0.2) is 5.96 Å². The topological polar surface area (TPSA) is 74.8 Å². The van der Waals surface area contributed by atoms with Crippen LogP contribution in [0.4, 0.5) is 0 Å². The summed E-state index contributed by atoms with van der Waals surface area (Å²) in [6.07, 6.45) is 1.71. The van der Waals surface area contributed by atoms with E-state index in [-0.39, 0.29) is 5.91 Å². The standard InChI is InChI=1S/C20H28N4O2S/c1-15-7-8-16(14-17(15)26-3)9-12-24-20(21-2)23-11-5-10-22-19(25)18-6-4-13-27-18/h4,6-8,13-14H,5,9-12H2,1-3H3,(H,22,25)(H2,21,23,24). The van der Waals surface area contributed by atoms with Gasteiger partial charge >= 0.3 is 0 Å². The van der Waals surface area contributed by atoms with Crippen LogP contribution in [0.5, 0.6) is 5.75 Å². The molecule has 0 aliphatic rings. The molecule has 1 aromatic carbocycles. The van der Waals surface area contributed by atoms with E-state index in [4.69, 9.17) is 4.74 Å². The molecule has 0 bridgehead atoms. The van der Waals surface area contributed by atoms with Crippen LogP contribution < -0.4 is 20.7 Å². The number of hydrogen-bond acceptors (Lipinski definition) is 4. The molecule has 0 saturated carbocycles. The average molecular weight is 389 g/mol. The highest BCUT2D eigenvalue weighted by Crippen LogP contribution is 2.18. The average Bonchev–Trinajstić information content (AvgIpc) is 3.22. The quantitative estimate of drug-likeness (QED) is 0.351. The molecular weight excluding hydrogens is 360 g/mol. The maximum absolute atomic E-state index is 11.8. The van der Waals surface area contributed by atoms with Gasteiger partial charge in [0, 0.05) is 26.7 Å². The number of carbonyl (C=O) groups is 1. The van der Waals surface area contributed by atoms with Gasteiger partial charge in [0.05, 0.1) is 12.0 Å². The predicted octanol–water partition coefficient (Wildman–Crippen LogP) is 2.59. The molecular formula is C20H28N4O2S. The molecule has 2 aromatic rings. The Labute approximate surface area is 165 Å². The number of nitrogens with zero attached hydrogens (tertiary/aromatic N) is 1. The second-order valence-corrected chi connectivity index (χ2v) is 7.01. The monoisotopic (exact) mass is 388 g/mol. The van der Waals surface area contributed by atoms with Crippen molar-refractivity contribution in [2.24, 2.45) is 4.99 Å². The van der Waals surface area contributed by atoms with E-state index in [0.29, 0.717) is 6.54 Å². The minimum absolute atomic E-state index is 0.0129. The second kappa shape index (κ2) is 11.2. The van der Waals surface area contributed by atoms with Crippen molar-refractivity contribution in [3.05, 3.63) is 51.7 Å². The number of thiophene rings is 1. The van der Waals surface area contributed by atoms with E-state index >= 15 is 0 Å².